The van der Waals surface area contributed by atoms with Crippen LogP contribution in [0.2, 0.25) is 0 Å². The van der Waals surface area contributed by atoms with Crippen LogP contribution in [0.5, 0.6) is 0 Å². The lowest BCUT2D eigenvalue weighted by atomic mass is 10.0. The first-order chi connectivity index (χ1) is 13.4. The minimum Gasteiger partial charge on any atom is -0.338 e. The van der Waals surface area contributed by atoms with Crippen molar-refractivity contribution in [3.05, 3.63) is 66.0 Å². The number of nitrogens with zero attached hydrogens (tertiary/aromatic N) is 1. The number of sulfonamides is 1. The van der Waals surface area contributed by atoms with E-state index in [9.17, 15) is 17.6 Å². The summed E-state index contributed by atoms with van der Waals surface area (Å²) in [6.45, 7) is 1.58. The molecule has 28 heavy (non-hydrogen) atoms. The highest BCUT2D eigenvalue weighted by Crippen LogP contribution is 2.22. The Balaban J connectivity index is 1.59. The van der Waals surface area contributed by atoms with Gasteiger partial charge in [-0.1, -0.05) is 37.3 Å². The summed E-state index contributed by atoms with van der Waals surface area (Å²) in [5, 5.41) is 2.77. The van der Waals surface area contributed by atoms with Crippen LogP contribution >= 0.6 is 0 Å². The van der Waals surface area contributed by atoms with Crippen LogP contribution in [0, 0.1) is 5.82 Å². The second-order valence-corrected chi connectivity index (χ2v) is 8.43. The molecule has 2 aromatic rings. The molecule has 3 rings (SSSR count). The standard InChI is InChI=1S/C19H23FN4O3S/c1-2-24(28(26,27)16-9-4-3-5-10-16)13-19(25)21-18-12-17(22-23-18)14-7-6-8-15(20)11-14/h3-11,17-18,22-23H,2,12-13H2,1H3,(H,21,25). The molecule has 0 aromatic heterocycles. The molecule has 1 aliphatic heterocycles. The number of rotatable bonds is 7. The quantitative estimate of drug-likeness (QED) is 0.649. The van der Waals surface area contributed by atoms with Crippen molar-refractivity contribution in [1.29, 1.82) is 0 Å². The minimum absolute atomic E-state index is 0.150. The largest absolute Gasteiger partial charge is 0.338 e. The Morgan fingerprint density at radius 2 is 1.93 bits per heavy atom. The summed E-state index contributed by atoms with van der Waals surface area (Å²) in [5.74, 6) is -0.739. The van der Waals surface area contributed by atoms with E-state index in [0.717, 1.165) is 9.87 Å². The molecule has 1 heterocycles. The lowest BCUT2D eigenvalue weighted by molar-refractivity contribution is -0.122. The van der Waals surface area contributed by atoms with Gasteiger partial charge in [-0.3, -0.25) is 4.79 Å². The Morgan fingerprint density at radius 3 is 2.61 bits per heavy atom. The summed E-state index contributed by atoms with van der Waals surface area (Å²) >= 11 is 0. The minimum atomic E-state index is -3.74. The van der Waals surface area contributed by atoms with E-state index in [2.05, 4.69) is 16.2 Å². The van der Waals surface area contributed by atoms with Crippen molar-refractivity contribution >= 4 is 15.9 Å². The Kier molecular flexibility index (Phi) is 6.40. The Morgan fingerprint density at radius 1 is 1.18 bits per heavy atom. The number of amides is 1. The van der Waals surface area contributed by atoms with Gasteiger partial charge in [0.1, 0.15) is 5.82 Å². The number of carbonyl (C=O) groups is 1. The highest BCUT2D eigenvalue weighted by molar-refractivity contribution is 7.89. The average Bonchev–Trinajstić information content (AvgIpc) is 3.15. The van der Waals surface area contributed by atoms with Gasteiger partial charge in [-0.15, -0.1) is 0 Å². The molecule has 0 aliphatic carbocycles. The second kappa shape index (κ2) is 8.78. The van der Waals surface area contributed by atoms with Crippen molar-refractivity contribution in [3.8, 4) is 0 Å². The first kappa shape index (κ1) is 20.4. The molecule has 3 N–H and O–H groups in total. The summed E-state index contributed by atoms with van der Waals surface area (Å²) in [6, 6.07) is 14.1. The molecule has 2 atom stereocenters. The molecule has 1 amide bonds. The molecule has 7 nitrogen and oxygen atoms in total. The van der Waals surface area contributed by atoms with E-state index in [-0.39, 0.29) is 36.0 Å². The lowest BCUT2D eigenvalue weighted by Gasteiger charge is -2.21. The van der Waals surface area contributed by atoms with E-state index < -0.39 is 15.9 Å². The van der Waals surface area contributed by atoms with Crippen molar-refractivity contribution in [1.82, 2.24) is 20.5 Å². The van der Waals surface area contributed by atoms with Crippen LogP contribution < -0.4 is 16.2 Å². The van der Waals surface area contributed by atoms with Crippen molar-refractivity contribution < 1.29 is 17.6 Å². The fraction of sp³-hybridized carbons (Fsp3) is 0.316. The molecule has 0 saturated carbocycles. The molecule has 150 valence electrons. The van der Waals surface area contributed by atoms with E-state index >= 15 is 0 Å². The number of halogens is 1. The highest BCUT2D eigenvalue weighted by Gasteiger charge is 2.29. The molecule has 9 heteroatoms. The van der Waals surface area contributed by atoms with Crippen LogP contribution in [0.4, 0.5) is 4.39 Å². The molecule has 0 bridgehead atoms. The van der Waals surface area contributed by atoms with Gasteiger partial charge in [-0.05, 0) is 29.8 Å². The van der Waals surface area contributed by atoms with Gasteiger partial charge in [0.25, 0.3) is 0 Å². The summed E-state index contributed by atoms with van der Waals surface area (Å²) in [6.07, 6.45) is 0.117. The first-order valence-electron chi connectivity index (χ1n) is 9.01. The zero-order chi connectivity index (χ0) is 20.1. The summed E-state index contributed by atoms with van der Waals surface area (Å²) in [4.78, 5) is 12.5. The molecule has 1 fully saturated rings. The number of hydrogen-bond donors (Lipinski definition) is 3. The third-order valence-corrected chi connectivity index (χ3v) is 6.48. The van der Waals surface area contributed by atoms with Crippen LogP contribution in [0.3, 0.4) is 0 Å². The maximum absolute atomic E-state index is 13.4. The van der Waals surface area contributed by atoms with E-state index in [0.29, 0.717) is 6.42 Å². The number of nitrogens with one attached hydrogen (secondary N) is 3. The molecule has 2 aromatic carbocycles. The SMILES string of the molecule is CCN(CC(=O)NC1CC(c2cccc(F)c2)NN1)S(=O)(=O)c1ccccc1. The smallest absolute Gasteiger partial charge is 0.243 e. The third-order valence-electron chi connectivity index (χ3n) is 4.54. The van der Waals surface area contributed by atoms with Crippen molar-refractivity contribution in [2.45, 2.75) is 30.4 Å². The molecule has 0 spiro atoms. The average molecular weight is 406 g/mol. The predicted octanol–water partition coefficient (Wildman–Crippen LogP) is 1.52. The summed E-state index contributed by atoms with van der Waals surface area (Å²) in [5.41, 5.74) is 6.73. The van der Waals surface area contributed by atoms with E-state index in [1.165, 1.54) is 24.3 Å². The van der Waals surface area contributed by atoms with Crippen LogP contribution in [0.25, 0.3) is 0 Å². The highest BCUT2D eigenvalue weighted by atomic mass is 32.2. The van der Waals surface area contributed by atoms with Crippen LogP contribution in [-0.2, 0) is 14.8 Å². The maximum Gasteiger partial charge on any atom is 0.243 e. The zero-order valence-electron chi connectivity index (χ0n) is 15.4. The van der Waals surface area contributed by atoms with E-state index in [4.69, 9.17) is 0 Å². The Bertz CT molecular complexity index is 924. The van der Waals surface area contributed by atoms with Crippen LogP contribution in [0.1, 0.15) is 24.9 Å². The van der Waals surface area contributed by atoms with Crippen molar-refractivity contribution in [2.24, 2.45) is 0 Å². The Labute approximate surface area is 164 Å². The van der Waals surface area contributed by atoms with Gasteiger partial charge in [0.2, 0.25) is 15.9 Å². The topological polar surface area (TPSA) is 90.5 Å². The summed E-state index contributed by atoms with van der Waals surface area (Å²) < 4.78 is 39.9. The molecule has 0 radical (unpaired) electrons. The van der Waals surface area contributed by atoms with Crippen molar-refractivity contribution in [2.75, 3.05) is 13.1 Å². The predicted molar refractivity (Wildman–Crippen MR) is 103 cm³/mol. The molecular weight excluding hydrogens is 383 g/mol. The van der Waals surface area contributed by atoms with Gasteiger partial charge in [0.15, 0.2) is 0 Å². The number of hydrogen-bond acceptors (Lipinski definition) is 5. The molecule has 1 aliphatic rings. The second-order valence-electron chi connectivity index (χ2n) is 6.50. The van der Waals surface area contributed by atoms with Crippen molar-refractivity contribution in [3.63, 3.8) is 0 Å². The molecule has 1 saturated heterocycles. The fourth-order valence-corrected chi connectivity index (χ4v) is 4.53. The number of likely N-dealkylation sites (N-methyl/N-ethyl adjacent to an activating group) is 1. The van der Waals surface area contributed by atoms with E-state index in [1.54, 1.807) is 37.3 Å². The first-order valence-corrected chi connectivity index (χ1v) is 10.4. The number of carbonyl (C=O) groups excluding carboxylic acids is 1. The number of benzene rings is 2. The summed E-state index contributed by atoms with van der Waals surface area (Å²) in [7, 11) is -3.74. The molecule has 2 unspecified atom stereocenters. The third kappa shape index (κ3) is 4.74. The van der Waals surface area contributed by atoms with Gasteiger partial charge in [0.05, 0.1) is 17.6 Å². The number of hydrazine groups is 1. The van der Waals surface area contributed by atoms with Crippen LogP contribution in [-0.4, -0.2) is 37.9 Å². The molecular formula is C19H23FN4O3S. The normalized spacial score (nSPS) is 19.7. The monoisotopic (exact) mass is 406 g/mol. The Hall–Kier alpha value is -2.33. The zero-order valence-corrected chi connectivity index (χ0v) is 16.2. The van der Waals surface area contributed by atoms with Gasteiger partial charge in [-0.25, -0.2) is 23.7 Å². The van der Waals surface area contributed by atoms with Gasteiger partial charge in [0, 0.05) is 19.0 Å². The van der Waals surface area contributed by atoms with Crippen LogP contribution in [0.15, 0.2) is 59.5 Å². The van der Waals surface area contributed by atoms with Gasteiger partial charge < -0.3 is 5.32 Å². The van der Waals surface area contributed by atoms with Gasteiger partial charge in [-0.2, -0.15) is 4.31 Å². The fourth-order valence-electron chi connectivity index (χ4n) is 3.10. The van der Waals surface area contributed by atoms with Gasteiger partial charge >= 0.3 is 0 Å². The lowest BCUT2D eigenvalue weighted by Crippen LogP contribution is -2.48. The maximum atomic E-state index is 13.4. The van der Waals surface area contributed by atoms with E-state index in [1.807, 2.05) is 0 Å².